The molecule has 1 heterocycles. The Kier molecular flexibility index (Phi) is 4.16. The lowest BCUT2D eigenvalue weighted by atomic mass is 10.1. The highest BCUT2D eigenvalue weighted by molar-refractivity contribution is 7.09. The summed E-state index contributed by atoms with van der Waals surface area (Å²) in [5, 5.41) is 6.44. The second-order valence-electron chi connectivity index (χ2n) is 4.39. The molecule has 0 bridgehead atoms. The van der Waals surface area contributed by atoms with Crippen LogP contribution in [0.3, 0.4) is 0 Å². The smallest absolute Gasteiger partial charge is 0.161 e. The minimum absolute atomic E-state index is 0.0120. The maximum Gasteiger partial charge on any atom is 0.161 e. The van der Waals surface area contributed by atoms with Crippen molar-refractivity contribution in [3.05, 3.63) is 39.8 Å². The Hall–Kier alpha value is -1.88. The summed E-state index contributed by atoms with van der Waals surface area (Å²) in [4.78, 5) is 15.7. The molecule has 0 unspecified atom stereocenters. The lowest BCUT2D eigenvalue weighted by molar-refractivity contribution is 0.101. The molecule has 1 aromatic heterocycles. The van der Waals surface area contributed by atoms with Gasteiger partial charge in [-0.1, -0.05) is 0 Å². The molecule has 2 aromatic rings. The molecule has 0 saturated heterocycles. The molecule has 0 amide bonds. The lowest BCUT2D eigenvalue weighted by Gasteiger charge is -2.08. The molecular weight excluding hydrogens is 258 g/mol. The zero-order valence-corrected chi connectivity index (χ0v) is 11.9. The molecule has 0 spiro atoms. The van der Waals surface area contributed by atoms with Gasteiger partial charge in [-0.2, -0.15) is 0 Å². The molecule has 3 N–H and O–H groups in total. The summed E-state index contributed by atoms with van der Waals surface area (Å²) < 4.78 is 0. The van der Waals surface area contributed by atoms with Crippen molar-refractivity contribution in [2.75, 3.05) is 17.6 Å². The molecule has 0 radical (unpaired) electrons. The first-order chi connectivity index (χ1) is 9.06. The highest BCUT2D eigenvalue weighted by Crippen LogP contribution is 2.18. The molecule has 0 atom stereocenters. The average molecular weight is 275 g/mol. The van der Waals surface area contributed by atoms with Gasteiger partial charge in [-0.3, -0.25) is 4.79 Å². The lowest BCUT2D eigenvalue weighted by Crippen LogP contribution is -2.07. The summed E-state index contributed by atoms with van der Waals surface area (Å²) >= 11 is 1.66. The molecule has 19 heavy (non-hydrogen) atoms. The summed E-state index contributed by atoms with van der Waals surface area (Å²) in [6.07, 6.45) is 0.874. The second kappa shape index (κ2) is 5.84. The van der Waals surface area contributed by atoms with Crippen LogP contribution in [0.25, 0.3) is 0 Å². The van der Waals surface area contributed by atoms with Crippen LogP contribution in [0.4, 0.5) is 11.4 Å². The molecule has 0 aliphatic rings. The van der Waals surface area contributed by atoms with Crippen molar-refractivity contribution < 1.29 is 4.79 Å². The highest BCUT2D eigenvalue weighted by Gasteiger charge is 2.05. The number of nitrogen functional groups attached to an aromatic ring is 1. The van der Waals surface area contributed by atoms with E-state index in [4.69, 9.17) is 5.73 Å². The van der Waals surface area contributed by atoms with E-state index in [9.17, 15) is 4.79 Å². The Morgan fingerprint density at radius 3 is 2.84 bits per heavy atom. The van der Waals surface area contributed by atoms with Gasteiger partial charge in [-0.15, -0.1) is 11.3 Å². The first-order valence-electron chi connectivity index (χ1n) is 6.11. The van der Waals surface area contributed by atoms with Crippen molar-refractivity contribution in [2.24, 2.45) is 0 Å². The van der Waals surface area contributed by atoms with E-state index in [1.807, 2.05) is 13.0 Å². The fraction of sp³-hybridized carbons (Fsp3) is 0.286. The van der Waals surface area contributed by atoms with Gasteiger partial charge in [0.25, 0.3) is 0 Å². The van der Waals surface area contributed by atoms with Gasteiger partial charge in [0, 0.05) is 35.3 Å². The van der Waals surface area contributed by atoms with Crippen molar-refractivity contribution in [3.8, 4) is 0 Å². The number of nitrogens with zero attached hydrogens (tertiary/aromatic N) is 1. The third kappa shape index (κ3) is 3.54. The number of ketones is 1. The zero-order chi connectivity index (χ0) is 13.8. The van der Waals surface area contributed by atoms with Crippen LogP contribution in [0, 0.1) is 6.92 Å². The third-order valence-corrected chi connectivity index (χ3v) is 3.63. The summed E-state index contributed by atoms with van der Waals surface area (Å²) in [5.74, 6) is -0.0120. The van der Waals surface area contributed by atoms with E-state index in [0.717, 1.165) is 29.4 Å². The van der Waals surface area contributed by atoms with Crippen LogP contribution in [0.2, 0.25) is 0 Å². The largest absolute Gasteiger partial charge is 0.398 e. The van der Waals surface area contributed by atoms with E-state index in [2.05, 4.69) is 15.7 Å². The fourth-order valence-electron chi connectivity index (χ4n) is 1.85. The first-order valence-corrected chi connectivity index (χ1v) is 6.99. The number of carbonyl (C=O) groups is 1. The number of aryl methyl sites for hydroxylation is 1. The Balaban J connectivity index is 1.93. The maximum atomic E-state index is 11.3. The Morgan fingerprint density at radius 1 is 1.47 bits per heavy atom. The highest BCUT2D eigenvalue weighted by atomic mass is 32.1. The number of thiazole rings is 1. The normalized spacial score (nSPS) is 10.4. The number of hydrogen-bond donors (Lipinski definition) is 2. The van der Waals surface area contributed by atoms with E-state index in [0.29, 0.717) is 11.3 Å². The first kappa shape index (κ1) is 13.5. The molecule has 0 aliphatic carbocycles. The molecule has 2 rings (SSSR count). The number of Topliss-reactive ketones (excluding diaryl/α,β-unsaturated/α-hetero) is 1. The van der Waals surface area contributed by atoms with Crippen molar-refractivity contribution in [1.29, 1.82) is 0 Å². The number of anilines is 2. The predicted molar refractivity (Wildman–Crippen MR) is 79.9 cm³/mol. The second-order valence-corrected chi connectivity index (χ2v) is 5.46. The number of nitrogens with one attached hydrogen (secondary N) is 1. The number of benzene rings is 1. The van der Waals surface area contributed by atoms with Gasteiger partial charge in [0.15, 0.2) is 5.78 Å². The quantitative estimate of drug-likeness (QED) is 0.650. The van der Waals surface area contributed by atoms with Gasteiger partial charge < -0.3 is 11.1 Å². The van der Waals surface area contributed by atoms with E-state index < -0.39 is 0 Å². The number of carbonyl (C=O) groups excluding carboxylic acids is 1. The number of hydrogen-bond acceptors (Lipinski definition) is 5. The van der Waals surface area contributed by atoms with E-state index in [1.165, 1.54) is 6.92 Å². The summed E-state index contributed by atoms with van der Waals surface area (Å²) in [6.45, 7) is 4.31. The maximum absolute atomic E-state index is 11.3. The van der Waals surface area contributed by atoms with Gasteiger partial charge in [0.2, 0.25) is 0 Å². The summed E-state index contributed by atoms with van der Waals surface area (Å²) in [6, 6.07) is 5.43. The van der Waals surface area contributed by atoms with Crippen molar-refractivity contribution in [2.45, 2.75) is 20.3 Å². The topological polar surface area (TPSA) is 68.0 Å². The van der Waals surface area contributed by atoms with Crippen LogP contribution in [0.5, 0.6) is 0 Å². The predicted octanol–water partition coefficient (Wildman–Crippen LogP) is 2.89. The minimum Gasteiger partial charge on any atom is -0.398 e. The number of rotatable bonds is 5. The average Bonchev–Trinajstić information content (AvgIpc) is 2.75. The van der Waals surface area contributed by atoms with Crippen molar-refractivity contribution in [1.82, 2.24) is 4.98 Å². The van der Waals surface area contributed by atoms with Crippen LogP contribution in [0.1, 0.15) is 28.0 Å². The van der Waals surface area contributed by atoms with Gasteiger partial charge in [-0.05, 0) is 32.0 Å². The Morgan fingerprint density at radius 2 is 2.26 bits per heavy atom. The zero-order valence-electron chi connectivity index (χ0n) is 11.1. The minimum atomic E-state index is -0.0120. The molecule has 0 fully saturated rings. The molecule has 0 aliphatic heterocycles. The molecule has 100 valence electrons. The van der Waals surface area contributed by atoms with Gasteiger partial charge in [0.05, 0.1) is 10.7 Å². The molecule has 4 nitrogen and oxygen atoms in total. The number of nitrogens with two attached hydrogens (primary N) is 1. The van der Waals surface area contributed by atoms with Crippen LogP contribution >= 0.6 is 11.3 Å². The van der Waals surface area contributed by atoms with Crippen LogP contribution in [-0.4, -0.2) is 17.3 Å². The van der Waals surface area contributed by atoms with Gasteiger partial charge in [0.1, 0.15) is 0 Å². The van der Waals surface area contributed by atoms with Crippen molar-refractivity contribution in [3.63, 3.8) is 0 Å². The third-order valence-electron chi connectivity index (χ3n) is 2.81. The summed E-state index contributed by atoms with van der Waals surface area (Å²) in [7, 11) is 0. The Bertz CT molecular complexity index is 592. The number of aromatic nitrogens is 1. The molecule has 5 heteroatoms. The van der Waals surface area contributed by atoms with Crippen LogP contribution < -0.4 is 11.1 Å². The van der Waals surface area contributed by atoms with E-state index in [1.54, 1.807) is 23.5 Å². The van der Waals surface area contributed by atoms with E-state index in [-0.39, 0.29) is 5.78 Å². The SMILES string of the molecule is CC(=O)c1ccc(NCCc2csc(C)n2)cc1N. The molecule has 1 aromatic carbocycles. The Labute approximate surface area is 116 Å². The standard InChI is InChI=1S/C14H17N3OS/c1-9(18)13-4-3-11(7-14(13)15)16-6-5-12-8-19-10(2)17-12/h3-4,7-8,16H,5-6,15H2,1-2H3. The van der Waals surface area contributed by atoms with Gasteiger partial charge in [-0.25, -0.2) is 4.98 Å². The molecular formula is C14H17N3OS. The van der Waals surface area contributed by atoms with Gasteiger partial charge >= 0.3 is 0 Å². The van der Waals surface area contributed by atoms with E-state index >= 15 is 0 Å². The summed E-state index contributed by atoms with van der Waals surface area (Å²) in [5.41, 5.74) is 8.95. The fourth-order valence-corrected chi connectivity index (χ4v) is 2.50. The molecule has 0 saturated carbocycles. The van der Waals surface area contributed by atoms with Crippen LogP contribution in [-0.2, 0) is 6.42 Å². The van der Waals surface area contributed by atoms with Crippen molar-refractivity contribution >= 4 is 28.5 Å². The van der Waals surface area contributed by atoms with Crippen LogP contribution in [0.15, 0.2) is 23.6 Å². The monoisotopic (exact) mass is 275 g/mol.